The van der Waals surface area contributed by atoms with Crippen molar-refractivity contribution in [2.24, 2.45) is 0 Å². The maximum absolute atomic E-state index is 9.75. The summed E-state index contributed by atoms with van der Waals surface area (Å²) >= 11 is 0. The Morgan fingerprint density at radius 3 is 2.32 bits per heavy atom. The fourth-order valence-electron chi connectivity index (χ4n) is 1.80. The molecule has 0 saturated heterocycles. The van der Waals surface area contributed by atoms with Gasteiger partial charge in [-0.25, -0.2) is 4.98 Å². The van der Waals surface area contributed by atoms with Crippen LogP contribution in [0.5, 0.6) is 0 Å². The van der Waals surface area contributed by atoms with Crippen LogP contribution < -0.4 is 0 Å². The molecule has 0 bridgehead atoms. The number of aromatic nitrogens is 2. The second kappa shape index (κ2) is 9.07. The van der Waals surface area contributed by atoms with Gasteiger partial charge in [0.15, 0.2) is 0 Å². The predicted octanol–water partition coefficient (Wildman–Crippen LogP) is 5.37. The molecule has 0 aliphatic heterocycles. The van der Waals surface area contributed by atoms with E-state index in [1.54, 1.807) is 0 Å². The van der Waals surface area contributed by atoms with Gasteiger partial charge in [0.2, 0.25) is 0 Å². The van der Waals surface area contributed by atoms with Crippen LogP contribution in [-0.4, -0.2) is 16.8 Å². The summed E-state index contributed by atoms with van der Waals surface area (Å²) in [4.78, 5) is 4.11. The molecule has 0 aliphatic rings. The number of hydrogen-bond acceptors (Lipinski definition) is 1. The molecule has 0 aliphatic carbocycles. The van der Waals surface area contributed by atoms with Crippen LogP contribution >= 0.6 is 0 Å². The van der Waals surface area contributed by atoms with Gasteiger partial charge in [-0.3, -0.25) is 0 Å². The van der Waals surface area contributed by atoms with Crippen molar-refractivity contribution >= 4 is 19.0 Å². The van der Waals surface area contributed by atoms with Crippen molar-refractivity contribution in [3.8, 4) is 0 Å². The van der Waals surface area contributed by atoms with Gasteiger partial charge < -0.3 is 21.8 Å². The lowest BCUT2D eigenvalue weighted by Gasteiger charge is -2.08. The van der Waals surface area contributed by atoms with E-state index in [0.29, 0.717) is 0 Å². The normalized spacial score (nSPS) is 11.8. The quantitative estimate of drug-likeness (QED) is 0.536. The molecule has 2 nitrogen and oxygen atoms in total. The van der Waals surface area contributed by atoms with Crippen LogP contribution in [0.4, 0.5) is 17.3 Å². The molecular formula is C15H18BF4N2-. The average molecular weight is 313 g/mol. The van der Waals surface area contributed by atoms with Crippen LogP contribution in [0.2, 0.25) is 0 Å². The molecule has 0 N–H and O–H groups in total. The Hall–Kier alpha value is -2.05. The standard InChI is InChI=1S/C15H18N2.BF4/c1-2-3-9-15(17-11-10-16-13-17)12-14-7-5-4-6-8-14;2-1(3,4)5/h4-8,10-13H,2-3,9H2,1H3;/q;-1. The third kappa shape index (κ3) is 8.29. The van der Waals surface area contributed by atoms with Gasteiger partial charge in [-0.2, -0.15) is 0 Å². The maximum Gasteiger partial charge on any atom is 0.673 e. The van der Waals surface area contributed by atoms with E-state index in [4.69, 9.17) is 0 Å². The fourth-order valence-corrected chi connectivity index (χ4v) is 1.80. The SMILES string of the molecule is CCCCC(=Cc1ccccc1)n1ccnc1.F[B-](F)(F)F. The number of allylic oxidation sites excluding steroid dienone is 1. The van der Waals surface area contributed by atoms with Crippen molar-refractivity contribution < 1.29 is 17.3 Å². The fraction of sp³-hybridized carbons (Fsp3) is 0.267. The molecule has 0 saturated carbocycles. The summed E-state index contributed by atoms with van der Waals surface area (Å²) in [7, 11) is -6.00. The van der Waals surface area contributed by atoms with Gasteiger partial charge in [0.25, 0.3) is 0 Å². The van der Waals surface area contributed by atoms with E-state index >= 15 is 0 Å². The van der Waals surface area contributed by atoms with Gasteiger partial charge in [-0.05, 0) is 24.5 Å². The average Bonchev–Trinajstić information content (AvgIpc) is 2.97. The first kappa shape index (κ1) is 18.0. The largest absolute Gasteiger partial charge is 0.673 e. The van der Waals surface area contributed by atoms with Crippen LogP contribution in [0.3, 0.4) is 0 Å². The van der Waals surface area contributed by atoms with E-state index in [1.165, 1.54) is 24.1 Å². The highest BCUT2D eigenvalue weighted by Crippen LogP contribution is 2.17. The second-order valence-electron chi connectivity index (χ2n) is 4.61. The summed E-state index contributed by atoms with van der Waals surface area (Å²) in [6.07, 6.45) is 11.4. The first-order chi connectivity index (χ1) is 10.4. The Bertz CT molecular complexity index is 545. The molecule has 0 fully saturated rings. The van der Waals surface area contributed by atoms with E-state index < -0.39 is 7.25 Å². The lowest BCUT2D eigenvalue weighted by Crippen LogP contribution is -2.02. The summed E-state index contributed by atoms with van der Waals surface area (Å²) in [5.41, 5.74) is 2.54. The molecular weight excluding hydrogens is 295 g/mol. The minimum Gasteiger partial charge on any atom is -0.418 e. The second-order valence-corrected chi connectivity index (χ2v) is 4.61. The number of unbranched alkanes of at least 4 members (excludes halogenated alkanes) is 1. The van der Waals surface area contributed by atoms with Crippen LogP contribution in [0.15, 0.2) is 49.1 Å². The number of hydrogen-bond donors (Lipinski definition) is 0. The summed E-state index contributed by atoms with van der Waals surface area (Å²) in [6, 6.07) is 10.4. The Labute approximate surface area is 127 Å². The number of rotatable bonds is 5. The maximum atomic E-state index is 9.75. The number of halogens is 4. The first-order valence-electron chi connectivity index (χ1n) is 7.01. The highest BCUT2D eigenvalue weighted by atomic mass is 19.5. The Morgan fingerprint density at radius 2 is 1.82 bits per heavy atom. The van der Waals surface area contributed by atoms with Crippen molar-refractivity contribution in [2.75, 3.05) is 0 Å². The number of nitrogens with zero attached hydrogens (tertiary/aromatic N) is 2. The molecule has 1 heterocycles. The van der Waals surface area contributed by atoms with Crippen LogP contribution in [0, 0.1) is 0 Å². The number of benzene rings is 1. The van der Waals surface area contributed by atoms with Crippen LogP contribution in [0.1, 0.15) is 31.7 Å². The highest BCUT2D eigenvalue weighted by Gasteiger charge is 2.20. The summed E-state index contributed by atoms with van der Waals surface area (Å²) < 4.78 is 41.1. The highest BCUT2D eigenvalue weighted by molar-refractivity contribution is 6.50. The monoisotopic (exact) mass is 313 g/mol. The van der Waals surface area contributed by atoms with Crippen molar-refractivity contribution in [2.45, 2.75) is 26.2 Å². The molecule has 1 aromatic carbocycles. The van der Waals surface area contributed by atoms with Crippen molar-refractivity contribution in [3.63, 3.8) is 0 Å². The third-order valence-electron chi connectivity index (χ3n) is 2.76. The van der Waals surface area contributed by atoms with Gasteiger partial charge in [0, 0.05) is 18.1 Å². The molecule has 2 aromatic rings. The zero-order chi connectivity index (χ0) is 16.4. The summed E-state index contributed by atoms with van der Waals surface area (Å²) in [5.74, 6) is 0. The Balaban J connectivity index is 0.000000422. The van der Waals surface area contributed by atoms with Gasteiger partial charge in [0.05, 0.1) is 6.33 Å². The van der Waals surface area contributed by atoms with Gasteiger partial charge in [-0.1, -0.05) is 43.7 Å². The summed E-state index contributed by atoms with van der Waals surface area (Å²) in [6.45, 7) is 2.22. The van der Waals surface area contributed by atoms with E-state index in [2.05, 4.69) is 46.8 Å². The lowest BCUT2D eigenvalue weighted by atomic mass is 10.1. The van der Waals surface area contributed by atoms with Crippen molar-refractivity contribution in [1.82, 2.24) is 9.55 Å². The lowest BCUT2D eigenvalue weighted by molar-refractivity contribution is 0.368. The molecule has 0 unspecified atom stereocenters. The molecule has 0 atom stereocenters. The van der Waals surface area contributed by atoms with Gasteiger partial charge in [-0.15, -0.1) is 0 Å². The van der Waals surface area contributed by atoms with Gasteiger partial charge >= 0.3 is 7.25 Å². The Morgan fingerprint density at radius 1 is 1.18 bits per heavy atom. The van der Waals surface area contributed by atoms with Crippen LogP contribution in [-0.2, 0) is 0 Å². The molecule has 2 rings (SSSR count). The van der Waals surface area contributed by atoms with E-state index in [0.717, 1.165) is 6.42 Å². The first-order valence-corrected chi connectivity index (χ1v) is 7.01. The minimum absolute atomic E-state index is 1.09. The zero-order valence-electron chi connectivity index (χ0n) is 12.3. The van der Waals surface area contributed by atoms with E-state index in [-0.39, 0.29) is 0 Å². The molecule has 7 heteroatoms. The topological polar surface area (TPSA) is 17.8 Å². The minimum atomic E-state index is -6.00. The molecule has 0 spiro atoms. The molecule has 120 valence electrons. The van der Waals surface area contributed by atoms with Crippen molar-refractivity contribution in [3.05, 3.63) is 54.6 Å². The van der Waals surface area contributed by atoms with E-state index in [9.17, 15) is 17.3 Å². The van der Waals surface area contributed by atoms with Crippen molar-refractivity contribution in [1.29, 1.82) is 0 Å². The van der Waals surface area contributed by atoms with E-state index in [1.807, 2.05) is 24.8 Å². The molecule has 0 amide bonds. The predicted molar refractivity (Wildman–Crippen MR) is 82.5 cm³/mol. The molecule has 22 heavy (non-hydrogen) atoms. The third-order valence-corrected chi connectivity index (χ3v) is 2.76. The molecule has 0 radical (unpaired) electrons. The molecule has 1 aromatic heterocycles. The van der Waals surface area contributed by atoms with Gasteiger partial charge in [0.1, 0.15) is 0 Å². The number of imidazole rings is 1. The summed E-state index contributed by atoms with van der Waals surface area (Å²) in [5, 5.41) is 0. The Kier molecular flexibility index (Phi) is 7.42. The zero-order valence-corrected chi connectivity index (χ0v) is 12.3. The smallest absolute Gasteiger partial charge is 0.418 e. The van der Waals surface area contributed by atoms with Crippen LogP contribution in [0.25, 0.3) is 11.8 Å².